The maximum absolute atomic E-state index is 13.9. The molecule has 0 unspecified atom stereocenters. The number of carbonyl (C=O) groups is 1. The summed E-state index contributed by atoms with van der Waals surface area (Å²) in [5, 5.41) is 3.89. The molecule has 2 rings (SSSR count). The Balaban J connectivity index is 1.75. The summed E-state index contributed by atoms with van der Waals surface area (Å²) in [5.41, 5.74) is 5.13. The number of benzene rings is 2. The Kier molecular flexibility index (Phi) is 6.37. The van der Waals surface area contributed by atoms with E-state index in [2.05, 4.69) is 5.32 Å². The van der Waals surface area contributed by atoms with Gasteiger partial charge >= 0.3 is 0 Å². The van der Waals surface area contributed by atoms with E-state index in [0.29, 0.717) is 18.0 Å². The summed E-state index contributed by atoms with van der Waals surface area (Å²) >= 11 is 5.80. The Morgan fingerprint density at radius 2 is 1.83 bits per heavy atom. The lowest BCUT2D eigenvalue weighted by Crippen LogP contribution is -2.16. The summed E-state index contributed by atoms with van der Waals surface area (Å²) in [5.74, 6) is -3.42. The average Bonchev–Trinajstić information content (AvgIpc) is 2.54. The van der Waals surface area contributed by atoms with E-state index >= 15 is 0 Å². The van der Waals surface area contributed by atoms with Crippen molar-refractivity contribution in [2.24, 2.45) is 5.73 Å². The molecule has 0 aliphatic carbocycles. The number of rotatable bonds is 8. The number of carbonyl (C=O) groups excluding carboxylic acids is 1. The van der Waals surface area contributed by atoms with Crippen molar-refractivity contribution in [3.8, 4) is 5.75 Å². The first-order chi connectivity index (χ1) is 11.5. The number of amides is 1. The van der Waals surface area contributed by atoms with Gasteiger partial charge in [0.1, 0.15) is 11.4 Å². The van der Waals surface area contributed by atoms with E-state index in [1.165, 1.54) is 0 Å². The summed E-state index contributed by atoms with van der Waals surface area (Å²) < 4.78 is 32.5. The van der Waals surface area contributed by atoms with E-state index in [0.717, 1.165) is 24.2 Å². The lowest BCUT2D eigenvalue weighted by Gasteiger charge is -2.10. The smallest absolute Gasteiger partial charge is 0.254 e. The van der Waals surface area contributed by atoms with E-state index in [9.17, 15) is 13.6 Å². The molecule has 0 radical (unpaired) electrons. The fourth-order valence-electron chi connectivity index (χ4n) is 2.08. The van der Waals surface area contributed by atoms with E-state index in [-0.39, 0.29) is 12.4 Å². The van der Waals surface area contributed by atoms with Gasteiger partial charge < -0.3 is 15.8 Å². The molecular weight excluding hydrogens is 338 g/mol. The van der Waals surface area contributed by atoms with Gasteiger partial charge in [-0.2, -0.15) is 0 Å². The molecule has 0 aliphatic heterocycles. The molecule has 0 saturated carbocycles. The van der Waals surface area contributed by atoms with Crippen molar-refractivity contribution in [3.63, 3.8) is 0 Å². The van der Waals surface area contributed by atoms with Crippen LogP contribution in [0.25, 0.3) is 0 Å². The van der Waals surface area contributed by atoms with Crippen LogP contribution in [0.1, 0.15) is 23.2 Å². The van der Waals surface area contributed by atoms with Crippen LogP contribution in [0, 0.1) is 11.6 Å². The van der Waals surface area contributed by atoms with Gasteiger partial charge in [0.25, 0.3) is 5.91 Å². The van der Waals surface area contributed by atoms with E-state index in [4.69, 9.17) is 22.1 Å². The number of nitrogens with two attached hydrogens (primary N) is 1. The molecular formula is C17H17ClF2N2O2. The monoisotopic (exact) mass is 354 g/mol. The largest absolute Gasteiger partial charge is 0.490 e. The van der Waals surface area contributed by atoms with Gasteiger partial charge in [0.05, 0.1) is 6.61 Å². The number of anilines is 1. The maximum Gasteiger partial charge on any atom is 0.254 e. The molecule has 0 heterocycles. The predicted octanol–water partition coefficient (Wildman–Crippen LogP) is 3.99. The molecule has 7 heteroatoms. The Morgan fingerprint density at radius 1 is 1.12 bits per heavy atom. The number of halogens is 3. The zero-order valence-electron chi connectivity index (χ0n) is 12.8. The van der Waals surface area contributed by atoms with Crippen LogP contribution in [-0.4, -0.2) is 19.1 Å². The van der Waals surface area contributed by atoms with Crippen molar-refractivity contribution in [3.05, 3.63) is 58.6 Å². The SMILES string of the molecule is NC(=O)c1c(F)ccc(OCCCCNc2ccc(Cl)cc2)c1F. The first-order valence-corrected chi connectivity index (χ1v) is 7.77. The van der Waals surface area contributed by atoms with Gasteiger partial charge in [-0.15, -0.1) is 0 Å². The lowest BCUT2D eigenvalue weighted by atomic mass is 10.1. The van der Waals surface area contributed by atoms with Gasteiger partial charge in [-0.25, -0.2) is 8.78 Å². The van der Waals surface area contributed by atoms with Crippen molar-refractivity contribution >= 4 is 23.2 Å². The summed E-state index contributed by atoms with van der Waals surface area (Å²) in [6, 6.07) is 9.43. The van der Waals surface area contributed by atoms with Crippen LogP contribution < -0.4 is 15.8 Å². The molecule has 3 N–H and O–H groups in total. The van der Waals surface area contributed by atoms with Gasteiger partial charge in [-0.3, -0.25) is 4.79 Å². The van der Waals surface area contributed by atoms with Crippen LogP contribution in [0.4, 0.5) is 14.5 Å². The highest BCUT2D eigenvalue weighted by Crippen LogP contribution is 2.23. The van der Waals surface area contributed by atoms with Gasteiger partial charge in [-0.05, 0) is 49.2 Å². The fourth-order valence-corrected chi connectivity index (χ4v) is 2.21. The fraction of sp³-hybridized carbons (Fsp3) is 0.235. The highest BCUT2D eigenvalue weighted by Gasteiger charge is 2.18. The first kappa shape index (κ1) is 18.0. The summed E-state index contributed by atoms with van der Waals surface area (Å²) in [7, 11) is 0. The number of primary amides is 1. The molecule has 0 aliphatic rings. The average molecular weight is 355 g/mol. The highest BCUT2D eigenvalue weighted by atomic mass is 35.5. The Hall–Kier alpha value is -2.34. The van der Waals surface area contributed by atoms with Gasteiger partial charge in [0, 0.05) is 17.3 Å². The van der Waals surface area contributed by atoms with Gasteiger partial charge in [0.15, 0.2) is 11.6 Å². The van der Waals surface area contributed by atoms with Crippen LogP contribution in [0.2, 0.25) is 5.02 Å². The molecule has 1 amide bonds. The molecule has 0 spiro atoms. The Bertz CT molecular complexity index is 708. The number of nitrogens with one attached hydrogen (secondary N) is 1. The third kappa shape index (κ3) is 4.83. The molecule has 0 aromatic heterocycles. The van der Waals surface area contributed by atoms with Crippen LogP contribution in [0.15, 0.2) is 36.4 Å². The van der Waals surface area contributed by atoms with Crippen LogP contribution in [0.5, 0.6) is 5.75 Å². The second-order valence-electron chi connectivity index (χ2n) is 5.09. The number of hydrogen-bond donors (Lipinski definition) is 2. The molecule has 128 valence electrons. The third-order valence-corrected chi connectivity index (χ3v) is 3.56. The number of hydrogen-bond acceptors (Lipinski definition) is 3. The van der Waals surface area contributed by atoms with Crippen LogP contribution in [0.3, 0.4) is 0 Å². The number of unbranched alkanes of at least 4 members (excludes halogenated alkanes) is 1. The number of ether oxygens (including phenoxy) is 1. The zero-order valence-corrected chi connectivity index (χ0v) is 13.6. The van der Waals surface area contributed by atoms with Gasteiger partial charge in [0.2, 0.25) is 0 Å². The standard InChI is InChI=1S/C17H17ClF2N2O2/c18-11-3-5-12(6-4-11)22-9-1-2-10-24-14-8-7-13(19)15(16(14)20)17(21)23/h3-8,22H,1-2,9-10H2,(H2,21,23). The van der Waals surface area contributed by atoms with Crippen molar-refractivity contribution < 1.29 is 18.3 Å². The molecule has 0 atom stereocenters. The highest BCUT2D eigenvalue weighted by molar-refractivity contribution is 6.30. The minimum absolute atomic E-state index is 0.184. The van der Waals surface area contributed by atoms with Crippen LogP contribution >= 0.6 is 11.6 Å². The summed E-state index contributed by atoms with van der Waals surface area (Å²) in [6.07, 6.45) is 1.44. The second-order valence-corrected chi connectivity index (χ2v) is 5.52. The minimum atomic E-state index is -1.16. The van der Waals surface area contributed by atoms with E-state index in [1.807, 2.05) is 12.1 Å². The molecule has 4 nitrogen and oxygen atoms in total. The molecule has 24 heavy (non-hydrogen) atoms. The second kappa shape index (κ2) is 8.49. The normalized spacial score (nSPS) is 10.5. The quantitative estimate of drug-likeness (QED) is 0.704. The van der Waals surface area contributed by atoms with Gasteiger partial charge in [-0.1, -0.05) is 11.6 Å². The molecule has 2 aromatic carbocycles. The molecule has 0 saturated heterocycles. The minimum Gasteiger partial charge on any atom is -0.490 e. The molecule has 0 bridgehead atoms. The van der Waals surface area contributed by atoms with E-state index < -0.39 is 23.1 Å². The van der Waals surface area contributed by atoms with Crippen molar-refractivity contribution in [2.45, 2.75) is 12.8 Å². The first-order valence-electron chi connectivity index (χ1n) is 7.39. The summed E-state index contributed by atoms with van der Waals surface area (Å²) in [6.45, 7) is 0.951. The topological polar surface area (TPSA) is 64.4 Å². The van der Waals surface area contributed by atoms with Crippen molar-refractivity contribution in [1.29, 1.82) is 0 Å². The lowest BCUT2D eigenvalue weighted by molar-refractivity contribution is 0.0991. The van der Waals surface area contributed by atoms with Crippen molar-refractivity contribution in [2.75, 3.05) is 18.5 Å². The van der Waals surface area contributed by atoms with Crippen molar-refractivity contribution in [1.82, 2.24) is 0 Å². The predicted molar refractivity (Wildman–Crippen MR) is 89.5 cm³/mol. The maximum atomic E-state index is 13.9. The third-order valence-electron chi connectivity index (χ3n) is 3.30. The Morgan fingerprint density at radius 3 is 2.50 bits per heavy atom. The Labute approximate surface area is 143 Å². The zero-order chi connectivity index (χ0) is 17.5. The molecule has 0 fully saturated rings. The molecule has 2 aromatic rings. The van der Waals surface area contributed by atoms with E-state index in [1.54, 1.807) is 12.1 Å². The van der Waals surface area contributed by atoms with Crippen LogP contribution in [-0.2, 0) is 0 Å². The summed E-state index contributed by atoms with van der Waals surface area (Å²) in [4.78, 5) is 11.0.